The van der Waals surface area contributed by atoms with E-state index in [0.717, 1.165) is 19.4 Å². The lowest BCUT2D eigenvalue weighted by Crippen LogP contribution is -2.34. The Kier molecular flexibility index (Phi) is 4.69. The van der Waals surface area contributed by atoms with Gasteiger partial charge in [0.1, 0.15) is 0 Å². The molecule has 2 atom stereocenters. The van der Waals surface area contributed by atoms with Gasteiger partial charge < -0.3 is 9.47 Å². The third-order valence-corrected chi connectivity index (χ3v) is 3.39. The third-order valence-electron chi connectivity index (χ3n) is 2.80. The lowest BCUT2D eigenvalue weighted by atomic mass is 10.1. The number of ether oxygens (including phenoxy) is 2. The van der Waals surface area contributed by atoms with Crippen LogP contribution in [0.1, 0.15) is 18.4 Å². The van der Waals surface area contributed by atoms with Crippen molar-refractivity contribution in [1.29, 1.82) is 0 Å². The van der Waals surface area contributed by atoms with Gasteiger partial charge in [0.15, 0.2) is 0 Å². The molecule has 3 heteroatoms. The summed E-state index contributed by atoms with van der Waals surface area (Å²) < 4.78 is 11.3. The second-order valence-electron chi connectivity index (χ2n) is 4.12. The van der Waals surface area contributed by atoms with Crippen LogP contribution in [0.15, 0.2) is 30.3 Å². The molecule has 1 saturated heterocycles. The Morgan fingerprint density at radius 2 is 2.12 bits per heavy atom. The van der Waals surface area contributed by atoms with Crippen LogP contribution in [0.3, 0.4) is 0 Å². The van der Waals surface area contributed by atoms with Crippen LogP contribution in [-0.4, -0.2) is 24.6 Å². The second kappa shape index (κ2) is 6.28. The zero-order chi connectivity index (χ0) is 11.2. The van der Waals surface area contributed by atoms with Crippen LogP contribution in [0.5, 0.6) is 0 Å². The fourth-order valence-corrected chi connectivity index (χ4v) is 2.21. The molecule has 1 heterocycles. The summed E-state index contributed by atoms with van der Waals surface area (Å²) in [4.78, 5) is 0. The van der Waals surface area contributed by atoms with Gasteiger partial charge in [-0.15, -0.1) is 0 Å². The smallest absolute Gasteiger partial charge is 0.0924 e. The van der Waals surface area contributed by atoms with Gasteiger partial charge in [-0.25, -0.2) is 0 Å². The van der Waals surface area contributed by atoms with Crippen LogP contribution in [0, 0.1) is 0 Å². The minimum atomic E-state index is 0.154. The van der Waals surface area contributed by atoms with Gasteiger partial charge >= 0.3 is 0 Å². The van der Waals surface area contributed by atoms with E-state index < -0.39 is 0 Å². The van der Waals surface area contributed by atoms with Gasteiger partial charge in [0.05, 0.1) is 19.3 Å². The largest absolute Gasteiger partial charge is 0.375 e. The summed E-state index contributed by atoms with van der Waals surface area (Å²) in [7, 11) is 0. The molecule has 0 radical (unpaired) electrons. The molecule has 1 aliphatic heterocycles. The minimum Gasteiger partial charge on any atom is -0.375 e. The molecule has 0 aromatic heterocycles. The number of hydrogen-bond donors (Lipinski definition) is 1. The number of hydrogen-bond acceptors (Lipinski definition) is 3. The molecule has 0 saturated carbocycles. The quantitative estimate of drug-likeness (QED) is 0.813. The molecule has 1 aromatic carbocycles. The van der Waals surface area contributed by atoms with Crippen molar-refractivity contribution >= 4 is 12.6 Å². The van der Waals surface area contributed by atoms with E-state index in [1.807, 2.05) is 18.2 Å². The molecule has 0 N–H and O–H groups in total. The standard InChI is InChI=1S/C13H18O2S/c16-13-7-4-8-15-12(13)10-14-9-11-5-2-1-3-6-11/h1-3,5-6,12-13,16H,4,7-10H2/t12-,13-/m0/s1. The topological polar surface area (TPSA) is 18.5 Å². The Balaban J connectivity index is 1.71. The molecule has 0 spiro atoms. The summed E-state index contributed by atoms with van der Waals surface area (Å²) in [6.45, 7) is 2.14. The van der Waals surface area contributed by atoms with Crippen molar-refractivity contribution in [3.8, 4) is 0 Å². The summed E-state index contributed by atoms with van der Waals surface area (Å²) in [5.74, 6) is 0. The Hall–Kier alpha value is -0.510. The predicted octanol–water partition coefficient (Wildman–Crippen LogP) is 2.68. The van der Waals surface area contributed by atoms with Gasteiger partial charge in [-0.1, -0.05) is 30.3 Å². The molecule has 0 amide bonds. The highest BCUT2D eigenvalue weighted by Gasteiger charge is 2.22. The lowest BCUT2D eigenvalue weighted by Gasteiger charge is -2.28. The van der Waals surface area contributed by atoms with Crippen LogP contribution in [0.4, 0.5) is 0 Å². The normalized spacial score (nSPS) is 25.6. The summed E-state index contributed by atoms with van der Waals surface area (Å²) in [5.41, 5.74) is 1.20. The fraction of sp³-hybridized carbons (Fsp3) is 0.538. The third kappa shape index (κ3) is 3.51. The van der Waals surface area contributed by atoms with Gasteiger partial charge in [0.2, 0.25) is 0 Å². The van der Waals surface area contributed by atoms with E-state index in [1.165, 1.54) is 5.56 Å². The Morgan fingerprint density at radius 3 is 2.88 bits per heavy atom. The maximum absolute atomic E-state index is 5.66. The second-order valence-corrected chi connectivity index (χ2v) is 4.78. The Labute approximate surface area is 102 Å². The van der Waals surface area contributed by atoms with Crippen molar-refractivity contribution in [2.75, 3.05) is 13.2 Å². The highest BCUT2D eigenvalue weighted by Crippen LogP contribution is 2.19. The van der Waals surface area contributed by atoms with Crippen LogP contribution in [0.2, 0.25) is 0 Å². The van der Waals surface area contributed by atoms with E-state index in [2.05, 4.69) is 24.8 Å². The minimum absolute atomic E-state index is 0.154. The molecule has 0 unspecified atom stereocenters. The molecule has 16 heavy (non-hydrogen) atoms. The van der Waals surface area contributed by atoms with Crippen LogP contribution < -0.4 is 0 Å². The van der Waals surface area contributed by atoms with Crippen molar-refractivity contribution in [3.05, 3.63) is 35.9 Å². The van der Waals surface area contributed by atoms with Crippen molar-refractivity contribution in [2.45, 2.75) is 30.8 Å². The zero-order valence-electron chi connectivity index (χ0n) is 9.34. The van der Waals surface area contributed by atoms with Crippen molar-refractivity contribution < 1.29 is 9.47 Å². The summed E-state index contributed by atoms with van der Waals surface area (Å²) >= 11 is 4.51. The average Bonchev–Trinajstić information content (AvgIpc) is 2.33. The molecule has 1 aromatic rings. The van der Waals surface area contributed by atoms with Crippen molar-refractivity contribution in [3.63, 3.8) is 0 Å². The summed E-state index contributed by atoms with van der Waals surface area (Å²) in [6, 6.07) is 10.2. The van der Waals surface area contributed by atoms with E-state index in [4.69, 9.17) is 9.47 Å². The fourth-order valence-electron chi connectivity index (χ4n) is 1.85. The molecular weight excluding hydrogens is 220 g/mol. The molecule has 1 aliphatic rings. The first-order valence-electron chi connectivity index (χ1n) is 5.77. The van der Waals surface area contributed by atoms with Gasteiger partial charge in [-0.3, -0.25) is 0 Å². The Morgan fingerprint density at radius 1 is 1.31 bits per heavy atom. The van der Waals surface area contributed by atoms with Crippen LogP contribution in [0.25, 0.3) is 0 Å². The highest BCUT2D eigenvalue weighted by molar-refractivity contribution is 7.81. The lowest BCUT2D eigenvalue weighted by molar-refractivity contribution is -0.0405. The highest BCUT2D eigenvalue weighted by atomic mass is 32.1. The molecule has 88 valence electrons. The first-order chi connectivity index (χ1) is 7.86. The van der Waals surface area contributed by atoms with Gasteiger partial charge in [0.25, 0.3) is 0 Å². The van der Waals surface area contributed by atoms with E-state index >= 15 is 0 Å². The predicted molar refractivity (Wildman–Crippen MR) is 67.8 cm³/mol. The number of thiol groups is 1. The SMILES string of the molecule is S[C@H]1CCCO[C@H]1COCc1ccccc1. The zero-order valence-corrected chi connectivity index (χ0v) is 10.2. The van der Waals surface area contributed by atoms with Gasteiger partial charge in [-0.05, 0) is 18.4 Å². The maximum Gasteiger partial charge on any atom is 0.0924 e. The van der Waals surface area contributed by atoms with Crippen LogP contribution >= 0.6 is 12.6 Å². The van der Waals surface area contributed by atoms with Crippen molar-refractivity contribution in [2.24, 2.45) is 0 Å². The number of rotatable bonds is 4. The van der Waals surface area contributed by atoms with E-state index in [1.54, 1.807) is 0 Å². The van der Waals surface area contributed by atoms with E-state index in [9.17, 15) is 0 Å². The molecule has 2 rings (SSSR count). The first kappa shape index (κ1) is 12.0. The Bertz CT molecular complexity index is 302. The average molecular weight is 238 g/mol. The molecular formula is C13H18O2S. The summed E-state index contributed by atoms with van der Waals surface area (Å²) in [5, 5.41) is 0.324. The molecule has 0 bridgehead atoms. The summed E-state index contributed by atoms with van der Waals surface area (Å²) in [6.07, 6.45) is 2.40. The number of benzene rings is 1. The van der Waals surface area contributed by atoms with Gasteiger partial charge in [0, 0.05) is 11.9 Å². The van der Waals surface area contributed by atoms with Gasteiger partial charge in [-0.2, -0.15) is 12.6 Å². The first-order valence-corrected chi connectivity index (χ1v) is 6.29. The van der Waals surface area contributed by atoms with E-state index in [-0.39, 0.29) is 6.10 Å². The molecule has 1 fully saturated rings. The monoisotopic (exact) mass is 238 g/mol. The van der Waals surface area contributed by atoms with E-state index in [0.29, 0.717) is 18.5 Å². The molecule has 0 aliphatic carbocycles. The van der Waals surface area contributed by atoms with Crippen LogP contribution in [-0.2, 0) is 16.1 Å². The molecule has 2 nitrogen and oxygen atoms in total. The van der Waals surface area contributed by atoms with Crippen molar-refractivity contribution in [1.82, 2.24) is 0 Å². The maximum atomic E-state index is 5.66.